The van der Waals surface area contributed by atoms with E-state index in [1.165, 1.54) is 18.2 Å². The summed E-state index contributed by atoms with van der Waals surface area (Å²) < 4.78 is 22.5. The minimum absolute atomic E-state index is 0.0406. The van der Waals surface area contributed by atoms with Crippen LogP contribution in [0.1, 0.15) is 84.9 Å². The Labute approximate surface area is 220 Å². The van der Waals surface area contributed by atoms with Crippen molar-refractivity contribution in [3.05, 3.63) is 92.3 Å². The summed E-state index contributed by atoms with van der Waals surface area (Å²) in [6.45, 7) is 9.13. The smallest absolute Gasteiger partial charge is 0.336 e. The van der Waals surface area contributed by atoms with Crippen LogP contribution >= 0.6 is 0 Å². The van der Waals surface area contributed by atoms with Crippen molar-refractivity contribution in [1.82, 2.24) is 0 Å². The van der Waals surface area contributed by atoms with Crippen LogP contribution in [0.3, 0.4) is 0 Å². The van der Waals surface area contributed by atoms with E-state index in [4.69, 9.17) is 4.74 Å². The molecule has 1 aliphatic rings. The molecule has 0 aliphatic heterocycles. The number of hydrogen-bond acceptors (Lipinski definition) is 5. The van der Waals surface area contributed by atoms with Gasteiger partial charge in [-0.05, 0) is 48.3 Å². The number of benzene rings is 3. The van der Waals surface area contributed by atoms with Crippen molar-refractivity contribution >= 4 is 17.4 Å². The molecule has 0 heterocycles. The van der Waals surface area contributed by atoms with E-state index in [-0.39, 0.29) is 51.4 Å². The van der Waals surface area contributed by atoms with E-state index >= 15 is 4.39 Å². The van der Waals surface area contributed by atoms with Gasteiger partial charge in [0, 0.05) is 22.3 Å². The van der Waals surface area contributed by atoms with Crippen molar-refractivity contribution < 1.29 is 28.7 Å². The number of carboxylic acid groups (broad SMARTS) is 1. The molecule has 0 atom stereocenters. The van der Waals surface area contributed by atoms with Crippen LogP contribution in [0.4, 0.5) is 10.1 Å². The highest BCUT2D eigenvalue weighted by Crippen LogP contribution is 2.56. The maximum absolute atomic E-state index is 16.7. The van der Waals surface area contributed by atoms with Gasteiger partial charge in [-0.2, -0.15) is 0 Å². The van der Waals surface area contributed by atoms with E-state index in [1.807, 2.05) is 27.7 Å². The largest absolute Gasteiger partial charge is 0.487 e. The zero-order chi connectivity index (χ0) is 28.0. The summed E-state index contributed by atoms with van der Waals surface area (Å²) >= 11 is 0. The molecule has 1 aliphatic carbocycles. The fraction of sp³-hybridized carbons (Fsp3) is 0.333. The lowest BCUT2D eigenvalue weighted by Gasteiger charge is -2.42. The van der Waals surface area contributed by atoms with Crippen molar-refractivity contribution in [2.24, 2.45) is 0 Å². The second kappa shape index (κ2) is 9.67. The molecule has 0 spiro atoms. The van der Waals surface area contributed by atoms with Crippen molar-refractivity contribution in [2.45, 2.75) is 58.3 Å². The molecule has 1 N–H and O–H groups in total. The number of carbonyl (C=O) groups is 2. The highest BCUT2D eigenvalue weighted by atomic mass is 19.1. The Hall–Kier alpha value is -4.07. The molecule has 0 unspecified atom stereocenters. The number of aromatic carboxylic acids is 1. The van der Waals surface area contributed by atoms with Crippen molar-refractivity contribution in [3.63, 3.8) is 0 Å². The molecule has 38 heavy (non-hydrogen) atoms. The standard InChI is InChI=1S/C30H30FNO6/c1-6-38-27-21(24(31)22-23(25(27)32(36)37)30(4,5)15-14-29(22,2)3)18-12-13-19(28(34)35)20(16-18)26(33)17-10-8-7-9-11-17/h7-13,16H,6,14-15H2,1-5H3,(H,34,35). The molecule has 0 amide bonds. The molecule has 4 rings (SSSR count). The zero-order valence-electron chi connectivity index (χ0n) is 22.1. The van der Waals surface area contributed by atoms with Gasteiger partial charge in [0.15, 0.2) is 5.78 Å². The van der Waals surface area contributed by atoms with Gasteiger partial charge >= 0.3 is 11.7 Å². The summed E-state index contributed by atoms with van der Waals surface area (Å²) in [6.07, 6.45) is 1.24. The van der Waals surface area contributed by atoms with E-state index in [1.54, 1.807) is 37.3 Å². The van der Waals surface area contributed by atoms with Crippen LogP contribution < -0.4 is 4.74 Å². The van der Waals surface area contributed by atoms with Crippen molar-refractivity contribution in [3.8, 4) is 16.9 Å². The Bertz CT molecular complexity index is 1460. The summed E-state index contributed by atoms with van der Waals surface area (Å²) in [6, 6.07) is 12.0. The normalized spacial score (nSPS) is 15.4. The van der Waals surface area contributed by atoms with Crippen LogP contribution in [0.15, 0.2) is 48.5 Å². The number of nitro groups is 1. The van der Waals surface area contributed by atoms with Crippen LogP contribution in [0.25, 0.3) is 11.1 Å². The van der Waals surface area contributed by atoms with Crippen molar-refractivity contribution in [2.75, 3.05) is 6.61 Å². The van der Waals surface area contributed by atoms with E-state index in [0.717, 1.165) is 0 Å². The predicted molar refractivity (Wildman–Crippen MR) is 142 cm³/mol. The number of fused-ring (bicyclic) bond motifs is 1. The van der Waals surface area contributed by atoms with E-state index in [2.05, 4.69) is 0 Å². The maximum atomic E-state index is 16.7. The van der Waals surface area contributed by atoms with Crippen LogP contribution in [0.5, 0.6) is 5.75 Å². The average Bonchev–Trinajstić information content (AvgIpc) is 2.86. The van der Waals surface area contributed by atoms with Gasteiger partial charge in [0.2, 0.25) is 5.75 Å². The molecule has 7 nitrogen and oxygen atoms in total. The number of nitrogens with zero attached hydrogens (tertiary/aromatic N) is 1. The van der Waals surface area contributed by atoms with Gasteiger partial charge in [0.1, 0.15) is 5.82 Å². The molecule has 0 aromatic heterocycles. The minimum atomic E-state index is -1.32. The number of carbonyl (C=O) groups excluding carboxylic acids is 1. The molecule has 3 aromatic carbocycles. The number of ketones is 1. The first-order valence-electron chi connectivity index (χ1n) is 12.5. The van der Waals surface area contributed by atoms with Gasteiger partial charge in [-0.15, -0.1) is 0 Å². The monoisotopic (exact) mass is 519 g/mol. The summed E-state index contributed by atoms with van der Waals surface area (Å²) in [7, 11) is 0. The molecule has 0 bridgehead atoms. The highest BCUT2D eigenvalue weighted by molar-refractivity contribution is 6.15. The number of ether oxygens (including phenoxy) is 1. The molecule has 0 saturated carbocycles. The molecule has 8 heteroatoms. The molecule has 0 saturated heterocycles. The first kappa shape index (κ1) is 27.0. The fourth-order valence-electron chi connectivity index (χ4n) is 5.39. The topological polar surface area (TPSA) is 107 Å². The first-order valence-corrected chi connectivity index (χ1v) is 12.5. The molecule has 3 aromatic rings. The summed E-state index contributed by atoms with van der Waals surface area (Å²) in [5.41, 5.74) is -1.29. The zero-order valence-corrected chi connectivity index (χ0v) is 22.1. The number of nitro benzene ring substituents is 1. The van der Waals surface area contributed by atoms with Crippen molar-refractivity contribution in [1.29, 1.82) is 0 Å². The maximum Gasteiger partial charge on any atom is 0.336 e. The summed E-state index contributed by atoms with van der Waals surface area (Å²) in [5, 5.41) is 22.3. The number of carboxylic acids is 1. The Morgan fingerprint density at radius 3 is 2.16 bits per heavy atom. The Balaban J connectivity index is 2.12. The predicted octanol–water partition coefficient (Wildman–Crippen LogP) is 7.08. The number of rotatable bonds is 7. The minimum Gasteiger partial charge on any atom is -0.487 e. The second-order valence-corrected chi connectivity index (χ2v) is 10.8. The van der Waals surface area contributed by atoms with E-state index in [9.17, 15) is 24.8 Å². The van der Waals surface area contributed by atoms with Gasteiger partial charge in [-0.1, -0.05) is 64.1 Å². The van der Waals surface area contributed by atoms with Gasteiger partial charge < -0.3 is 9.84 Å². The lowest BCUT2D eigenvalue weighted by molar-refractivity contribution is -0.387. The summed E-state index contributed by atoms with van der Waals surface area (Å²) in [5.74, 6) is -2.76. The second-order valence-electron chi connectivity index (χ2n) is 10.8. The average molecular weight is 520 g/mol. The van der Waals surface area contributed by atoms with Crippen LogP contribution in [-0.4, -0.2) is 28.4 Å². The Morgan fingerprint density at radius 2 is 1.61 bits per heavy atom. The van der Waals surface area contributed by atoms with Gasteiger partial charge in [-0.3, -0.25) is 14.9 Å². The fourth-order valence-corrected chi connectivity index (χ4v) is 5.39. The molecule has 198 valence electrons. The molecular formula is C30H30FNO6. The van der Waals surface area contributed by atoms with E-state index < -0.39 is 33.3 Å². The molecule has 0 radical (unpaired) electrons. The lowest BCUT2D eigenvalue weighted by atomic mass is 9.62. The number of hydrogen-bond donors (Lipinski definition) is 1. The van der Waals surface area contributed by atoms with Crippen LogP contribution in [-0.2, 0) is 10.8 Å². The Kier molecular flexibility index (Phi) is 6.86. The summed E-state index contributed by atoms with van der Waals surface area (Å²) in [4.78, 5) is 37.4. The van der Waals surface area contributed by atoms with Gasteiger partial charge in [0.05, 0.1) is 22.7 Å². The number of halogens is 1. The van der Waals surface area contributed by atoms with Crippen LogP contribution in [0, 0.1) is 15.9 Å². The Morgan fingerprint density at radius 1 is 1.00 bits per heavy atom. The quantitative estimate of drug-likeness (QED) is 0.203. The lowest BCUT2D eigenvalue weighted by Crippen LogP contribution is -2.36. The van der Waals surface area contributed by atoms with Gasteiger partial charge in [-0.25, -0.2) is 9.18 Å². The SMILES string of the molecule is CCOc1c(-c2ccc(C(=O)O)c(C(=O)c3ccccc3)c2)c(F)c2c(c1[N+](=O)[O-])C(C)(C)CCC2(C)C. The van der Waals surface area contributed by atoms with Gasteiger partial charge in [0.25, 0.3) is 0 Å². The molecule has 0 fully saturated rings. The first-order chi connectivity index (χ1) is 17.8. The highest BCUT2D eigenvalue weighted by Gasteiger charge is 2.47. The van der Waals surface area contributed by atoms with E-state index in [0.29, 0.717) is 18.4 Å². The molecular weight excluding hydrogens is 489 g/mol. The third-order valence-electron chi connectivity index (χ3n) is 7.39. The third kappa shape index (κ3) is 4.44. The van der Waals surface area contributed by atoms with Crippen LogP contribution in [0.2, 0.25) is 0 Å². The third-order valence-corrected chi connectivity index (χ3v) is 7.39.